The maximum Gasteiger partial charge on any atom is 0.299 e. The van der Waals surface area contributed by atoms with Gasteiger partial charge in [0.15, 0.2) is 0 Å². The highest BCUT2D eigenvalue weighted by atomic mass is 16.2. The van der Waals surface area contributed by atoms with Crippen molar-refractivity contribution in [3.8, 4) is 0 Å². The number of benzene rings is 4. The summed E-state index contributed by atoms with van der Waals surface area (Å²) in [7, 11) is 3.88. The van der Waals surface area contributed by atoms with Crippen LogP contribution in [-0.2, 0) is 20.9 Å². The number of carbonyl (C=O) groups excluding carboxylic acids is 4. The third-order valence-corrected chi connectivity index (χ3v) is 7.82. The van der Waals surface area contributed by atoms with Crippen molar-refractivity contribution in [3.63, 3.8) is 0 Å². The van der Waals surface area contributed by atoms with E-state index in [2.05, 4.69) is 19.2 Å². The zero-order valence-corrected chi connectivity index (χ0v) is 25.4. The number of anilines is 3. The minimum atomic E-state index is -1.03. The lowest BCUT2D eigenvalue weighted by molar-refractivity contribution is -0.139. The second-order valence-corrected chi connectivity index (χ2v) is 11.4. The molecule has 1 N–H and O–H groups in total. The van der Waals surface area contributed by atoms with E-state index in [4.69, 9.17) is 0 Å². The van der Waals surface area contributed by atoms with Gasteiger partial charge in [0.25, 0.3) is 17.6 Å². The van der Waals surface area contributed by atoms with Crippen molar-refractivity contribution >= 4 is 40.6 Å². The molecule has 8 heteroatoms. The van der Waals surface area contributed by atoms with E-state index in [0.717, 1.165) is 16.8 Å². The highest BCUT2D eigenvalue weighted by molar-refractivity contribution is 6.52. The van der Waals surface area contributed by atoms with Gasteiger partial charge in [0.2, 0.25) is 5.91 Å². The van der Waals surface area contributed by atoms with E-state index in [1.807, 2.05) is 97.9 Å². The average molecular weight is 589 g/mol. The van der Waals surface area contributed by atoms with Crippen LogP contribution in [0, 0.1) is 0 Å². The zero-order chi connectivity index (χ0) is 31.4. The van der Waals surface area contributed by atoms with Gasteiger partial charge in [-0.3, -0.25) is 24.1 Å². The first kappa shape index (κ1) is 30.2. The molecular weight excluding hydrogens is 552 g/mol. The summed E-state index contributed by atoms with van der Waals surface area (Å²) in [5.74, 6) is -1.99. The number of carbonyl (C=O) groups is 4. The molecule has 5 rings (SSSR count). The Balaban J connectivity index is 1.54. The van der Waals surface area contributed by atoms with Crippen LogP contribution in [0.25, 0.3) is 0 Å². The Hall–Kier alpha value is -5.24. The molecule has 0 aliphatic carbocycles. The molecule has 4 aromatic rings. The quantitative estimate of drug-likeness (QED) is 0.236. The van der Waals surface area contributed by atoms with E-state index in [1.165, 1.54) is 9.80 Å². The molecule has 1 aliphatic heterocycles. The van der Waals surface area contributed by atoms with E-state index in [0.29, 0.717) is 16.9 Å². The SMILES string of the molecule is CC(C)c1ccc([C@@H](C(=O)Nc2ccc(N(C)C)cc2)N(Cc2ccccc2)C(=O)CN2C(=O)C(=O)c3ccccc32)cc1. The first-order valence-corrected chi connectivity index (χ1v) is 14.6. The maximum atomic E-state index is 14.3. The Kier molecular flexibility index (Phi) is 8.90. The van der Waals surface area contributed by atoms with Gasteiger partial charge in [-0.25, -0.2) is 0 Å². The van der Waals surface area contributed by atoms with Crippen molar-refractivity contribution in [1.29, 1.82) is 0 Å². The fraction of sp³-hybridized carbons (Fsp3) is 0.222. The topological polar surface area (TPSA) is 90.0 Å². The highest BCUT2D eigenvalue weighted by Crippen LogP contribution is 2.31. The molecule has 224 valence electrons. The summed E-state index contributed by atoms with van der Waals surface area (Å²) in [4.78, 5) is 58.8. The standard InChI is InChI=1S/C36H36N4O4/c1-24(2)26-14-16-27(17-15-26)33(35(43)37-28-18-20-29(21-19-28)38(3)4)40(22-25-10-6-5-7-11-25)32(41)23-39-31-13-9-8-12-30(31)34(42)36(39)44/h5-21,24,33H,22-23H2,1-4H3,(H,37,43)/t33-/m0/s1. The number of hydrogen-bond donors (Lipinski definition) is 1. The lowest BCUT2D eigenvalue weighted by Crippen LogP contribution is -2.46. The van der Waals surface area contributed by atoms with Crippen molar-refractivity contribution in [3.05, 3.63) is 125 Å². The molecule has 44 heavy (non-hydrogen) atoms. The van der Waals surface area contributed by atoms with Crippen molar-refractivity contribution < 1.29 is 19.2 Å². The Morgan fingerprint density at radius 3 is 2.02 bits per heavy atom. The van der Waals surface area contributed by atoms with E-state index in [-0.39, 0.29) is 24.6 Å². The molecular formula is C36H36N4O4. The summed E-state index contributed by atoms with van der Waals surface area (Å²) in [6.07, 6.45) is 0. The van der Waals surface area contributed by atoms with Crippen LogP contribution >= 0.6 is 0 Å². The number of hydrogen-bond acceptors (Lipinski definition) is 5. The highest BCUT2D eigenvalue weighted by Gasteiger charge is 2.39. The van der Waals surface area contributed by atoms with Gasteiger partial charge in [-0.1, -0.05) is 80.6 Å². The van der Waals surface area contributed by atoms with Gasteiger partial charge >= 0.3 is 0 Å². The number of rotatable bonds is 10. The van der Waals surface area contributed by atoms with Crippen LogP contribution in [0.4, 0.5) is 17.1 Å². The van der Waals surface area contributed by atoms with Crippen molar-refractivity contribution in [2.75, 3.05) is 35.8 Å². The Morgan fingerprint density at radius 2 is 1.39 bits per heavy atom. The second kappa shape index (κ2) is 13.0. The molecule has 0 saturated heterocycles. The summed E-state index contributed by atoms with van der Waals surface area (Å²) in [6, 6.07) is 30.1. The number of ketones is 1. The van der Waals surface area contributed by atoms with Gasteiger partial charge in [0.05, 0.1) is 11.3 Å². The van der Waals surface area contributed by atoms with Gasteiger partial charge in [-0.2, -0.15) is 0 Å². The minimum absolute atomic E-state index is 0.112. The second-order valence-electron chi connectivity index (χ2n) is 11.4. The van der Waals surface area contributed by atoms with Crippen LogP contribution in [0.2, 0.25) is 0 Å². The predicted molar refractivity (Wildman–Crippen MR) is 173 cm³/mol. The van der Waals surface area contributed by atoms with Gasteiger partial charge in [-0.15, -0.1) is 0 Å². The summed E-state index contributed by atoms with van der Waals surface area (Å²) in [6.45, 7) is 3.91. The van der Waals surface area contributed by atoms with Crippen molar-refractivity contribution in [2.24, 2.45) is 0 Å². The molecule has 1 aliphatic rings. The van der Waals surface area contributed by atoms with Crippen LogP contribution < -0.4 is 15.1 Å². The molecule has 0 radical (unpaired) electrons. The maximum absolute atomic E-state index is 14.3. The molecule has 3 amide bonds. The Bertz CT molecular complexity index is 1660. The van der Waals surface area contributed by atoms with Gasteiger partial charge < -0.3 is 15.1 Å². The summed E-state index contributed by atoms with van der Waals surface area (Å²) >= 11 is 0. The van der Waals surface area contributed by atoms with Crippen molar-refractivity contribution in [2.45, 2.75) is 32.4 Å². The number of nitrogens with zero attached hydrogens (tertiary/aromatic N) is 3. The molecule has 0 aromatic heterocycles. The number of fused-ring (bicyclic) bond motifs is 1. The van der Waals surface area contributed by atoms with Gasteiger partial charge in [0, 0.05) is 32.0 Å². The van der Waals surface area contributed by atoms with Crippen LogP contribution in [0.15, 0.2) is 103 Å². The Labute approximate surface area is 257 Å². The van der Waals surface area contributed by atoms with Crippen LogP contribution in [0.5, 0.6) is 0 Å². The predicted octanol–water partition coefficient (Wildman–Crippen LogP) is 5.81. The van der Waals surface area contributed by atoms with Gasteiger partial charge in [-0.05, 0) is 59.0 Å². The Morgan fingerprint density at radius 1 is 0.773 bits per heavy atom. The first-order valence-electron chi connectivity index (χ1n) is 14.6. The number of nitrogens with one attached hydrogen (secondary N) is 1. The molecule has 0 bridgehead atoms. The van der Waals surface area contributed by atoms with E-state index >= 15 is 0 Å². The lowest BCUT2D eigenvalue weighted by Gasteiger charge is -2.33. The largest absolute Gasteiger partial charge is 0.378 e. The molecule has 0 unspecified atom stereocenters. The fourth-order valence-electron chi connectivity index (χ4n) is 5.32. The van der Waals surface area contributed by atoms with Crippen LogP contribution in [-0.4, -0.2) is 49.0 Å². The van der Waals surface area contributed by atoms with E-state index < -0.39 is 29.5 Å². The third kappa shape index (κ3) is 6.39. The zero-order valence-electron chi connectivity index (χ0n) is 25.4. The normalized spacial score (nSPS) is 13.1. The van der Waals surface area contributed by atoms with Crippen LogP contribution in [0.3, 0.4) is 0 Å². The summed E-state index contributed by atoms with van der Waals surface area (Å²) in [5, 5.41) is 3.00. The minimum Gasteiger partial charge on any atom is -0.378 e. The lowest BCUT2D eigenvalue weighted by atomic mass is 9.97. The number of para-hydroxylation sites is 1. The number of amides is 3. The average Bonchev–Trinajstić information content (AvgIpc) is 3.26. The molecule has 0 spiro atoms. The third-order valence-electron chi connectivity index (χ3n) is 7.82. The van der Waals surface area contributed by atoms with E-state index in [1.54, 1.807) is 24.3 Å². The first-order chi connectivity index (χ1) is 21.1. The van der Waals surface area contributed by atoms with Gasteiger partial charge in [0.1, 0.15) is 12.6 Å². The molecule has 0 fully saturated rings. The fourth-order valence-corrected chi connectivity index (χ4v) is 5.32. The monoisotopic (exact) mass is 588 g/mol. The molecule has 4 aromatic carbocycles. The van der Waals surface area contributed by atoms with Crippen molar-refractivity contribution in [1.82, 2.24) is 4.90 Å². The number of Topliss-reactive ketones (excluding diaryl/α,β-unsaturated/α-hetero) is 1. The smallest absolute Gasteiger partial charge is 0.299 e. The van der Waals surface area contributed by atoms with E-state index in [9.17, 15) is 19.2 Å². The molecule has 1 atom stereocenters. The van der Waals surface area contributed by atoms with Crippen LogP contribution in [0.1, 0.15) is 52.9 Å². The molecule has 8 nitrogen and oxygen atoms in total. The molecule has 1 heterocycles. The molecule has 0 saturated carbocycles. The summed E-state index contributed by atoms with van der Waals surface area (Å²) in [5.41, 5.74) is 4.77. The summed E-state index contributed by atoms with van der Waals surface area (Å²) < 4.78 is 0.